The van der Waals surface area contributed by atoms with Gasteiger partial charge in [-0.15, -0.1) is 0 Å². The Hall–Kier alpha value is -2.85. The van der Waals surface area contributed by atoms with Gasteiger partial charge in [0.05, 0.1) is 0 Å². The highest BCUT2D eigenvalue weighted by atomic mass is 14.7. The molecule has 0 aliphatic heterocycles. The van der Waals surface area contributed by atoms with Gasteiger partial charge in [-0.1, -0.05) is 66.5 Å². The van der Waals surface area contributed by atoms with Crippen molar-refractivity contribution in [2.45, 2.75) is 33.6 Å². The summed E-state index contributed by atoms with van der Waals surface area (Å²) in [6.07, 6.45) is 7.98. The molecule has 0 atom stereocenters. The van der Waals surface area contributed by atoms with Crippen LogP contribution in [0.5, 0.6) is 0 Å². The average Bonchev–Trinajstić information content (AvgIpc) is 2.68. The topological polar surface area (TPSA) is 12.4 Å². The maximum absolute atomic E-state index is 4.48. The number of allylic oxidation sites excluding steroid dienone is 4. The second-order valence-corrected chi connectivity index (χ2v) is 6.25. The van der Waals surface area contributed by atoms with Gasteiger partial charge >= 0.3 is 0 Å². The van der Waals surface area contributed by atoms with Crippen molar-refractivity contribution < 1.29 is 0 Å². The van der Waals surface area contributed by atoms with E-state index in [-0.39, 0.29) is 0 Å². The predicted octanol–water partition coefficient (Wildman–Crippen LogP) is 6.47. The van der Waals surface area contributed by atoms with Crippen molar-refractivity contribution in [1.29, 1.82) is 0 Å². The van der Waals surface area contributed by atoms with Crippen molar-refractivity contribution in [1.82, 2.24) is 0 Å². The van der Waals surface area contributed by atoms with Crippen LogP contribution >= 0.6 is 0 Å². The lowest BCUT2D eigenvalue weighted by Gasteiger charge is -2.00. The van der Waals surface area contributed by atoms with Crippen LogP contribution in [0.2, 0.25) is 0 Å². The Balaban J connectivity index is 1.79. The Kier molecular flexibility index (Phi) is 8.16. The quantitative estimate of drug-likeness (QED) is 0.247. The van der Waals surface area contributed by atoms with E-state index in [1.54, 1.807) is 0 Å². The Labute approximate surface area is 158 Å². The number of aliphatic imine (C=N–C) groups is 1. The van der Waals surface area contributed by atoms with Crippen LogP contribution in [0, 0.1) is 11.8 Å². The first-order valence-electron chi connectivity index (χ1n) is 9.15. The fraction of sp³-hybridized carbons (Fsp3) is 0.240. The van der Waals surface area contributed by atoms with Crippen LogP contribution in [0.25, 0.3) is 11.1 Å². The van der Waals surface area contributed by atoms with E-state index in [4.69, 9.17) is 0 Å². The van der Waals surface area contributed by atoms with E-state index in [1.165, 1.54) is 22.3 Å². The SMILES string of the molecule is C/C=C\C(C)=C(\C)C=NCCCC#Cc1ccc(-c2ccccc2)cc1. The Bertz CT molecular complexity index is 825. The molecule has 0 N–H and O–H groups in total. The zero-order valence-electron chi connectivity index (χ0n) is 16.0. The zero-order chi connectivity index (χ0) is 18.6. The molecule has 26 heavy (non-hydrogen) atoms. The largest absolute Gasteiger partial charge is 0.293 e. The van der Waals surface area contributed by atoms with Crippen LogP contribution in [0.3, 0.4) is 0 Å². The molecule has 1 nitrogen and oxygen atoms in total. The summed E-state index contributed by atoms with van der Waals surface area (Å²) in [5, 5.41) is 0. The van der Waals surface area contributed by atoms with Gasteiger partial charge < -0.3 is 0 Å². The molecular weight excluding hydrogens is 314 g/mol. The molecule has 0 bridgehead atoms. The minimum absolute atomic E-state index is 0.822. The molecule has 0 aliphatic carbocycles. The summed E-state index contributed by atoms with van der Waals surface area (Å²) in [5.41, 5.74) is 6.00. The van der Waals surface area contributed by atoms with Crippen LogP contribution < -0.4 is 0 Å². The monoisotopic (exact) mass is 341 g/mol. The van der Waals surface area contributed by atoms with Crippen LogP contribution in [-0.2, 0) is 0 Å². The number of hydrogen-bond donors (Lipinski definition) is 0. The van der Waals surface area contributed by atoms with Gasteiger partial charge in [0.2, 0.25) is 0 Å². The summed E-state index contributed by atoms with van der Waals surface area (Å²) in [6, 6.07) is 18.8. The van der Waals surface area contributed by atoms with Crippen LogP contribution in [-0.4, -0.2) is 12.8 Å². The molecule has 2 aromatic rings. The van der Waals surface area contributed by atoms with E-state index >= 15 is 0 Å². The molecule has 0 aliphatic rings. The summed E-state index contributed by atoms with van der Waals surface area (Å²) in [7, 11) is 0. The summed E-state index contributed by atoms with van der Waals surface area (Å²) in [5.74, 6) is 6.48. The summed E-state index contributed by atoms with van der Waals surface area (Å²) < 4.78 is 0. The standard InChI is InChI=1S/C25H27N/c1-4-11-21(2)22(3)20-26-19-10-6-7-12-23-15-17-25(18-16-23)24-13-8-5-9-14-24/h4-5,8-9,11,13-18,20H,6,10,19H2,1-3H3/b11-4-,22-21-,26-20?. The number of rotatable bonds is 6. The molecule has 2 aromatic carbocycles. The Morgan fingerprint density at radius 1 is 0.923 bits per heavy atom. The highest BCUT2D eigenvalue weighted by Gasteiger charge is 1.95. The van der Waals surface area contributed by atoms with Gasteiger partial charge in [0.25, 0.3) is 0 Å². The van der Waals surface area contributed by atoms with E-state index in [0.29, 0.717) is 0 Å². The van der Waals surface area contributed by atoms with E-state index in [0.717, 1.165) is 24.9 Å². The second kappa shape index (κ2) is 10.9. The molecule has 0 fully saturated rings. The van der Waals surface area contributed by atoms with Gasteiger partial charge in [0.15, 0.2) is 0 Å². The normalized spacial score (nSPS) is 12.1. The molecule has 0 amide bonds. The van der Waals surface area contributed by atoms with Gasteiger partial charge in [-0.25, -0.2) is 0 Å². The van der Waals surface area contributed by atoms with Crippen molar-refractivity contribution in [2.24, 2.45) is 4.99 Å². The third-order valence-corrected chi connectivity index (χ3v) is 4.14. The van der Waals surface area contributed by atoms with Crippen molar-refractivity contribution in [2.75, 3.05) is 6.54 Å². The van der Waals surface area contributed by atoms with Gasteiger partial charge in [-0.05, 0) is 61.6 Å². The number of benzene rings is 2. The molecule has 0 heterocycles. The molecule has 0 radical (unpaired) electrons. The molecule has 0 saturated carbocycles. The number of nitrogens with zero attached hydrogens (tertiary/aromatic N) is 1. The van der Waals surface area contributed by atoms with E-state index in [2.05, 4.69) is 91.4 Å². The first kappa shape index (κ1) is 19.5. The van der Waals surface area contributed by atoms with Crippen molar-refractivity contribution in [3.63, 3.8) is 0 Å². The molecule has 2 rings (SSSR count). The van der Waals surface area contributed by atoms with Crippen LogP contribution in [0.1, 0.15) is 39.2 Å². The maximum atomic E-state index is 4.48. The van der Waals surface area contributed by atoms with Crippen LogP contribution in [0.15, 0.2) is 82.9 Å². The zero-order valence-corrected chi connectivity index (χ0v) is 16.0. The minimum atomic E-state index is 0.822. The molecule has 132 valence electrons. The van der Waals surface area contributed by atoms with Crippen molar-refractivity contribution in [3.8, 4) is 23.0 Å². The first-order chi connectivity index (χ1) is 12.7. The van der Waals surface area contributed by atoms with E-state index in [1.807, 2.05) is 19.2 Å². The summed E-state index contributed by atoms with van der Waals surface area (Å²) >= 11 is 0. The fourth-order valence-corrected chi connectivity index (χ4v) is 2.48. The Morgan fingerprint density at radius 2 is 1.62 bits per heavy atom. The van der Waals surface area contributed by atoms with Gasteiger partial charge in [-0.3, -0.25) is 4.99 Å². The minimum Gasteiger partial charge on any atom is -0.293 e. The fourth-order valence-electron chi connectivity index (χ4n) is 2.48. The first-order valence-corrected chi connectivity index (χ1v) is 9.15. The van der Waals surface area contributed by atoms with Crippen molar-refractivity contribution in [3.05, 3.63) is 83.5 Å². The molecule has 0 spiro atoms. The van der Waals surface area contributed by atoms with Gasteiger partial charge in [0, 0.05) is 24.7 Å². The van der Waals surface area contributed by atoms with E-state index < -0.39 is 0 Å². The highest BCUT2D eigenvalue weighted by Crippen LogP contribution is 2.18. The lowest BCUT2D eigenvalue weighted by atomic mass is 10.0. The van der Waals surface area contributed by atoms with Gasteiger partial charge in [0.1, 0.15) is 0 Å². The maximum Gasteiger partial charge on any atom is 0.0398 e. The average molecular weight is 341 g/mol. The number of hydrogen-bond acceptors (Lipinski definition) is 1. The molecular formula is C25H27N. The number of unbranched alkanes of at least 4 members (excludes halogenated alkanes) is 1. The highest BCUT2D eigenvalue weighted by molar-refractivity contribution is 5.79. The van der Waals surface area contributed by atoms with Crippen molar-refractivity contribution >= 4 is 6.21 Å². The second-order valence-electron chi connectivity index (χ2n) is 6.25. The summed E-state index contributed by atoms with van der Waals surface area (Å²) in [6.45, 7) is 7.05. The molecule has 0 saturated heterocycles. The lowest BCUT2D eigenvalue weighted by molar-refractivity contribution is 0.873. The van der Waals surface area contributed by atoms with Crippen LogP contribution in [0.4, 0.5) is 0 Å². The third-order valence-electron chi connectivity index (χ3n) is 4.14. The molecule has 0 aromatic heterocycles. The Morgan fingerprint density at radius 3 is 2.31 bits per heavy atom. The predicted molar refractivity (Wildman–Crippen MR) is 115 cm³/mol. The summed E-state index contributed by atoms with van der Waals surface area (Å²) in [4.78, 5) is 4.48. The lowest BCUT2D eigenvalue weighted by Crippen LogP contribution is -1.86. The molecule has 0 unspecified atom stereocenters. The third kappa shape index (κ3) is 6.57. The molecule has 1 heteroatoms. The van der Waals surface area contributed by atoms with E-state index in [9.17, 15) is 0 Å². The smallest absolute Gasteiger partial charge is 0.0398 e. The van der Waals surface area contributed by atoms with Gasteiger partial charge in [-0.2, -0.15) is 0 Å².